The highest BCUT2D eigenvalue weighted by molar-refractivity contribution is 7.19. The number of fused-ring (bicyclic) bond motifs is 3. The van der Waals surface area contributed by atoms with E-state index in [1.54, 1.807) is 35.9 Å². The summed E-state index contributed by atoms with van der Waals surface area (Å²) in [6.07, 6.45) is 4.16. The van der Waals surface area contributed by atoms with Gasteiger partial charge in [0.15, 0.2) is 11.4 Å². The first-order valence-corrected chi connectivity index (χ1v) is 10.3. The molecule has 1 aromatic carbocycles. The van der Waals surface area contributed by atoms with Crippen molar-refractivity contribution in [1.29, 1.82) is 0 Å². The molecule has 0 saturated carbocycles. The number of aryl methyl sites for hydroxylation is 1. The molecular weight excluding hydrogens is 400 g/mol. The van der Waals surface area contributed by atoms with Crippen LogP contribution in [0.2, 0.25) is 0 Å². The average molecular weight is 418 g/mol. The summed E-state index contributed by atoms with van der Waals surface area (Å²) in [6, 6.07) is 9.19. The quantitative estimate of drug-likeness (QED) is 0.443. The van der Waals surface area contributed by atoms with Crippen LogP contribution < -0.4 is 5.56 Å². The van der Waals surface area contributed by atoms with Gasteiger partial charge in [-0.05, 0) is 24.6 Å². The van der Waals surface area contributed by atoms with Crippen LogP contribution in [-0.4, -0.2) is 35.3 Å². The number of benzene rings is 1. The van der Waals surface area contributed by atoms with Gasteiger partial charge in [-0.25, -0.2) is 9.67 Å². The van der Waals surface area contributed by atoms with Gasteiger partial charge in [0.2, 0.25) is 0 Å². The molecule has 0 bridgehead atoms. The maximum Gasteiger partial charge on any atom is 0.291 e. The number of carbonyl (C=O) groups excluding carboxylic acids is 1. The van der Waals surface area contributed by atoms with E-state index in [1.807, 2.05) is 29.8 Å². The van der Waals surface area contributed by atoms with E-state index in [9.17, 15) is 9.59 Å². The van der Waals surface area contributed by atoms with Crippen molar-refractivity contribution in [3.8, 4) is 0 Å². The summed E-state index contributed by atoms with van der Waals surface area (Å²) in [5.41, 5.74) is 3.57. The minimum Gasteiger partial charge on any atom is -0.323 e. The van der Waals surface area contributed by atoms with Crippen LogP contribution in [0.4, 0.5) is 0 Å². The van der Waals surface area contributed by atoms with Crippen molar-refractivity contribution in [2.24, 2.45) is 7.05 Å². The zero-order chi connectivity index (χ0) is 20.8. The molecule has 150 valence electrons. The molecule has 5 rings (SSSR count). The van der Waals surface area contributed by atoms with Crippen LogP contribution in [0.25, 0.3) is 21.3 Å². The van der Waals surface area contributed by atoms with E-state index in [0.29, 0.717) is 24.0 Å². The lowest BCUT2D eigenvalue weighted by Crippen LogP contribution is -2.24. The van der Waals surface area contributed by atoms with E-state index in [1.165, 1.54) is 11.6 Å². The Morgan fingerprint density at radius 1 is 1.27 bits per heavy atom. The van der Waals surface area contributed by atoms with Crippen molar-refractivity contribution in [3.63, 3.8) is 0 Å². The lowest BCUT2D eigenvalue weighted by atomic mass is 10.1. The molecule has 0 saturated heterocycles. The molecule has 0 fully saturated rings. The summed E-state index contributed by atoms with van der Waals surface area (Å²) in [6.45, 7) is 1.83. The van der Waals surface area contributed by atoms with Crippen LogP contribution in [0.3, 0.4) is 0 Å². The number of hydrogen-bond donors (Lipinski definition) is 1. The Hall–Kier alpha value is -3.59. The highest BCUT2D eigenvalue weighted by Gasteiger charge is 2.18. The fourth-order valence-electron chi connectivity index (χ4n) is 3.63. The van der Waals surface area contributed by atoms with Gasteiger partial charge in [0.1, 0.15) is 10.5 Å². The molecule has 0 spiro atoms. The number of nitrogens with one attached hydrogen (secondary N) is 1. The number of ketones is 1. The summed E-state index contributed by atoms with van der Waals surface area (Å²) in [5, 5.41) is 13.1. The second kappa shape index (κ2) is 7.03. The number of hydrogen-bond acceptors (Lipinski definition) is 6. The molecule has 0 atom stereocenters. The number of aromatic amines is 1. The molecule has 30 heavy (non-hydrogen) atoms. The Kier molecular flexibility index (Phi) is 4.32. The average Bonchev–Trinajstić information content (AvgIpc) is 3.44. The molecule has 4 heterocycles. The minimum atomic E-state index is -0.178. The van der Waals surface area contributed by atoms with Crippen molar-refractivity contribution < 1.29 is 4.79 Å². The predicted octanol–water partition coefficient (Wildman–Crippen LogP) is 2.91. The van der Waals surface area contributed by atoms with Gasteiger partial charge in [-0.1, -0.05) is 18.2 Å². The summed E-state index contributed by atoms with van der Waals surface area (Å²) < 4.78 is 4.21. The molecule has 1 N–H and O–H groups in total. The molecule has 0 unspecified atom stereocenters. The topological polar surface area (TPSA) is 98.5 Å². The van der Waals surface area contributed by atoms with E-state index >= 15 is 0 Å². The lowest BCUT2D eigenvalue weighted by molar-refractivity contribution is 0.101. The fourth-order valence-corrected chi connectivity index (χ4v) is 4.75. The first kappa shape index (κ1) is 18.4. The van der Waals surface area contributed by atoms with Gasteiger partial charge in [-0.15, -0.1) is 11.3 Å². The van der Waals surface area contributed by atoms with E-state index in [2.05, 4.69) is 15.3 Å². The van der Waals surface area contributed by atoms with Gasteiger partial charge in [0.05, 0.1) is 23.1 Å². The zero-order valence-corrected chi connectivity index (χ0v) is 17.2. The third-order valence-corrected chi connectivity index (χ3v) is 6.20. The highest BCUT2D eigenvalue weighted by atomic mass is 32.1. The first-order valence-electron chi connectivity index (χ1n) is 9.43. The summed E-state index contributed by atoms with van der Waals surface area (Å²) in [4.78, 5) is 29.5. The summed E-state index contributed by atoms with van der Waals surface area (Å²) in [5.74, 6) is -0.00741. The van der Waals surface area contributed by atoms with Crippen LogP contribution in [0.1, 0.15) is 33.5 Å². The number of aromatic nitrogens is 6. The van der Waals surface area contributed by atoms with Crippen LogP contribution in [-0.2, 0) is 20.0 Å². The lowest BCUT2D eigenvalue weighted by Gasteiger charge is -2.07. The first-order chi connectivity index (χ1) is 14.5. The Morgan fingerprint density at radius 3 is 2.90 bits per heavy atom. The van der Waals surface area contributed by atoms with Crippen molar-refractivity contribution in [2.75, 3.05) is 0 Å². The SMILES string of the molecule is CC(=O)c1cccc(Cn2ncc3c4sc(Cc5cc[nH]n5)nc4n(C)c3c2=O)c1. The van der Waals surface area contributed by atoms with Gasteiger partial charge in [0.25, 0.3) is 5.56 Å². The molecule has 4 aromatic heterocycles. The molecule has 0 aliphatic heterocycles. The van der Waals surface area contributed by atoms with Gasteiger partial charge >= 0.3 is 0 Å². The number of Topliss-reactive ketones (excluding diaryl/α,β-unsaturated/α-hetero) is 1. The molecule has 0 aliphatic carbocycles. The van der Waals surface area contributed by atoms with Crippen LogP contribution >= 0.6 is 11.3 Å². The van der Waals surface area contributed by atoms with Crippen LogP contribution in [0, 0.1) is 0 Å². The largest absolute Gasteiger partial charge is 0.323 e. The Bertz CT molecular complexity index is 1460. The van der Waals surface area contributed by atoms with Crippen LogP contribution in [0.15, 0.2) is 47.5 Å². The monoisotopic (exact) mass is 418 g/mol. The normalized spacial score (nSPS) is 11.5. The number of H-pyrrole nitrogens is 1. The van der Waals surface area contributed by atoms with Crippen molar-refractivity contribution in [3.05, 3.63) is 74.9 Å². The smallest absolute Gasteiger partial charge is 0.291 e. The number of nitrogens with zero attached hydrogens (tertiary/aromatic N) is 5. The summed E-state index contributed by atoms with van der Waals surface area (Å²) >= 11 is 1.56. The molecular formula is C21H18N6O2S. The molecule has 9 heteroatoms. The Labute approximate surface area is 174 Å². The van der Waals surface area contributed by atoms with Gasteiger partial charge in [-0.3, -0.25) is 14.7 Å². The van der Waals surface area contributed by atoms with Gasteiger partial charge < -0.3 is 4.57 Å². The van der Waals surface area contributed by atoms with E-state index in [0.717, 1.165) is 32.0 Å². The Balaban J connectivity index is 1.55. The van der Waals surface area contributed by atoms with Crippen molar-refractivity contribution in [1.82, 2.24) is 29.5 Å². The van der Waals surface area contributed by atoms with Crippen molar-refractivity contribution >= 4 is 38.4 Å². The fraction of sp³-hybridized carbons (Fsp3) is 0.190. The van der Waals surface area contributed by atoms with E-state index in [-0.39, 0.29) is 11.3 Å². The summed E-state index contributed by atoms with van der Waals surface area (Å²) in [7, 11) is 1.85. The molecule has 5 aromatic rings. The zero-order valence-electron chi connectivity index (χ0n) is 16.4. The maximum atomic E-state index is 13.2. The number of thiazole rings is 1. The van der Waals surface area contributed by atoms with Crippen LogP contribution in [0.5, 0.6) is 0 Å². The number of rotatable bonds is 5. The molecule has 8 nitrogen and oxygen atoms in total. The maximum absolute atomic E-state index is 13.2. The number of carbonyl (C=O) groups is 1. The second-order valence-corrected chi connectivity index (χ2v) is 8.27. The Morgan fingerprint density at radius 2 is 2.13 bits per heavy atom. The second-order valence-electron chi connectivity index (χ2n) is 7.19. The van der Waals surface area contributed by atoms with E-state index < -0.39 is 0 Å². The standard InChI is InChI=1S/C21H18N6O2S/c1-12(28)14-5-3-4-13(8-14)11-27-21(29)18-16(10-23-27)19-20(26(18)2)24-17(30-19)9-15-6-7-22-25-15/h3-8,10H,9,11H2,1-2H3,(H,22,25). The minimum absolute atomic E-state index is 0.00741. The molecule has 0 aliphatic rings. The molecule has 0 amide bonds. The van der Waals surface area contributed by atoms with Crippen molar-refractivity contribution in [2.45, 2.75) is 19.9 Å². The predicted molar refractivity (Wildman–Crippen MR) is 115 cm³/mol. The van der Waals surface area contributed by atoms with Gasteiger partial charge in [0, 0.05) is 30.6 Å². The van der Waals surface area contributed by atoms with Gasteiger partial charge in [-0.2, -0.15) is 10.2 Å². The third-order valence-electron chi connectivity index (χ3n) is 5.13. The third kappa shape index (κ3) is 3.03. The highest BCUT2D eigenvalue weighted by Crippen LogP contribution is 2.31. The molecule has 0 radical (unpaired) electrons. The van der Waals surface area contributed by atoms with E-state index in [4.69, 9.17) is 4.98 Å².